The zero-order chi connectivity index (χ0) is 16.5. The number of carbonyl (C=O) groups excluding carboxylic acids is 1. The highest BCUT2D eigenvalue weighted by Crippen LogP contribution is 2.42. The van der Waals surface area contributed by atoms with Crippen molar-refractivity contribution in [2.75, 3.05) is 14.1 Å². The first kappa shape index (κ1) is 16.5. The summed E-state index contributed by atoms with van der Waals surface area (Å²) in [5.74, 6) is 0.405. The Morgan fingerprint density at radius 2 is 1.73 bits per heavy atom. The van der Waals surface area contributed by atoms with Gasteiger partial charge in [-0.25, -0.2) is 0 Å². The largest absolute Gasteiger partial charge is 0.378 e. The van der Waals surface area contributed by atoms with Gasteiger partial charge in [0.2, 0.25) is 0 Å². The molecule has 118 valence electrons. The van der Waals surface area contributed by atoms with Crippen molar-refractivity contribution in [2.45, 2.75) is 27.7 Å². The van der Waals surface area contributed by atoms with E-state index in [1.807, 2.05) is 37.3 Å². The number of rotatable bonds is 4. The summed E-state index contributed by atoms with van der Waals surface area (Å²) in [6.45, 7) is 8.74. The molecule has 2 nitrogen and oxygen atoms in total. The van der Waals surface area contributed by atoms with Gasteiger partial charge in [0, 0.05) is 37.2 Å². The van der Waals surface area contributed by atoms with Crippen molar-refractivity contribution in [3.05, 3.63) is 59.3 Å². The highest BCUT2D eigenvalue weighted by atomic mass is 16.1. The lowest BCUT2D eigenvalue weighted by atomic mass is 9.73. The molecule has 0 heterocycles. The van der Waals surface area contributed by atoms with Crippen LogP contribution in [0.5, 0.6) is 0 Å². The second kappa shape index (κ2) is 6.12. The van der Waals surface area contributed by atoms with Crippen LogP contribution in [0.1, 0.15) is 38.1 Å². The van der Waals surface area contributed by atoms with Crippen LogP contribution >= 0.6 is 0 Å². The topological polar surface area (TPSA) is 20.3 Å². The third-order valence-electron chi connectivity index (χ3n) is 4.41. The maximum Gasteiger partial charge on any atom is 0.169 e. The van der Waals surface area contributed by atoms with Crippen LogP contribution in [0.4, 0.5) is 0 Å². The molecule has 1 aromatic carbocycles. The van der Waals surface area contributed by atoms with Crippen molar-refractivity contribution in [1.29, 1.82) is 0 Å². The molecule has 1 aliphatic carbocycles. The Balaban J connectivity index is 2.33. The summed E-state index contributed by atoms with van der Waals surface area (Å²) >= 11 is 0. The minimum atomic E-state index is -0.0969. The Labute approximate surface area is 134 Å². The van der Waals surface area contributed by atoms with Gasteiger partial charge in [-0.05, 0) is 11.5 Å². The number of Topliss-reactive ketones (excluding diaryl/α,β-unsaturated/α-hetero) is 1. The SMILES string of the molecule is CC(C(=O)c1ccccc1)C1=CC(N(C)C)=CC1C(C)(C)C. The van der Waals surface area contributed by atoms with Crippen LogP contribution in [0, 0.1) is 17.3 Å². The van der Waals surface area contributed by atoms with Crippen LogP contribution in [-0.2, 0) is 0 Å². The summed E-state index contributed by atoms with van der Waals surface area (Å²) in [6, 6.07) is 9.60. The van der Waals surface area contributed by atoms with E-state index >= 15 is 0 Å². The first-order chi connectivity index (χ1) is 10.2. The normalized spacial score (nSPS) is 19.5. The molecule has 1 aromatic rings. The Bertz CT molecular complexity index is 602. The number of benzene rings is 1. The van der Waals surface area contributed by atoms with Gasteiger partial charge in [-0.1, -0.05) is 69.7 Å². The summed E-state index contributed by atoms with van der Waals surface area (Å²) in [5, 5.41) is 0. The third-order valence-corrected chi connectivity index (χ3v) is 4.41. The molecule has 2 unspecified atom stereocenters. The van der Waals surface area contributed by atoms with Crippen molar-refractivity contribution in [2.24, 2.45) is 17.3 Å². The van der Waals surface area contributed by atoms with Gasteiger partial charge in [-0.3, -0.25) is 4.79 Å². The van der Waals surface area contributed by atoms with Gasteiger partial charge in [-0.2, -0.15) is 0 Å². The van der Waals surface area contributed by atoms with E-state index < -0.39 is 0 Å². The van der Waals surface area contributed by atoms with Gasteiger partial charge in [0.15, 0.2) is 5.78 Å². The van der Waals surface area contributed by atoms with Crippen molar-refractivity contribution < 1.29 is 4.79 Å². The molecule has 0 saturated carbocycles. The quantitative estimate of drug-likeness (QED) is 0.760. The maximum atomic E-state index is 12.8. The molecule has 2 atom stereocenters. The number of allylic oxidation sites excluding steroid dienone is 3. The minimum Gasteiger partial charge on any atom is -0.378 e. The van der Waals surface area contributed by atoms with E-state index in [9.17, 15) is 4.79 Å². The molecule has 0 bridgehead atoms. The lowest BCUT2D eigenvalue weighted by molar-refractivity contribution is 0.0940. The van der Waals surface area contributed by atoms with E-state index in [-0.39, 0.29) is 17.1 Å². The standard InChI is InChI=1S/C20H27NO/c1-14(19(22)15-10-8-7-9-11-15)17-12-16(21(5)6)13-18(17)20(2,3)4/h7-14,18H,1-6H3. The molecule has 0 aromatic heterocycles. The lowest BCUT2D eigenvalue weighted by Crippen LogP contribution is -2.25. The highest BCUT2D eigenvalue weighted by molar-refractivity contribution is 5.99. The van der Waals surface area contributed by atoms with Crippen LogP contribution in [-0.4, -0.2) is 24.8 Å². The molecular formula is C20H27NO. The number of carbonyl (C=O) groups is 1. The molecule has 0 amide bonds. The molecule has 2 heteroatoms. The Kier molecular flexibility index (Phi) is 4.60. The van der Waals surface area contributed by atoms with E-state index in [0.717, 1.165) is 5.56 Å². The lowest BCUT2D eigenvalue weighted by Gasteiger charge is -2.30. The Morgan fingerprint density at radius 3 is 2.23 bits per heavy atom. The minimum absolute atomic E-state index is 0.0969. The van der Waals surface area contributed by atoms with Crippen LogP contribution in [0.3, 0.4) is 0 Å². The number of nitrogens with zero attached hydrogens (tertiary/aromatic N) is 1. The average molecular weight is 297 g/mol. The van der Waals surface area contributed by atoms with E-state index in [1.165, 1.54) is 11.3 Å². The first-order valence-electron chi connectivity index (χ1n) is 7.91. The van der Waals surface area contributed by atoms with Crippen LogP contribution in [0.15, 0.2) is 53.8 Å². The molecule has 0 aliphatic heterocycles. The van der Waals surface area contributed by atoms with Crippen LogP contribution in [0.2, 0.25) is 0 Å². The van der Waals surface area contributed by atoms with E-state index in [0.29, 0.717) is 5.92 Å². The monoisotopic (exact) mass is 297 g/mol. The fourth-order valence-corrected chi connectivity index (χ4v) is 3.00. The van der Waals surface area contributed by atoms with Crippen molar-refractivity contribution in [3.8, 4) is 0 Å². The van der Waals surface area contributed by atoms with Crippen molar-refractivity contribution >= 4 is 5.78 Å². The summed E-state index contributed by atoms with van der Waals surface area (Å²) in [7, 11) is 4.10. The fourth-order valence-electron chi connectivity index (χ4n) is 3.00. The Hall–Kier alpha value is -1.83. The van der Waals surface area contributed by atoms with Crippen LogP contribution in [0.25, 0.3) is 0 Å². The van der Waals surface area contributed by atoms with Gasteiger partial charge < -0.3 is 4.90 Å². The van der Waals surface area contributed by atoms with Gasteiger partial charge >= 0.3 is 0 Å². The predicted molar refractivity (Wildman–Crippen MR) is 92.7 cm³/mol. The number of likely N-dealkylation sites (N-methyl/N-ethyl adjacent to an activating group) is 1. The Morgan fingerprint density at radius 1 is 1.14 bits per heavy atom. The smallest absolute Gasteiger partial charge is 0.169 e. The molecule has 0 saturated heterocycles. The molecule has 0 radical (unpaired) electrons. The van der Waals surface area contributed by atoms with Crippen molar-refractivity contribution in [1.82, 2.24) is 4.90 Å². The number of hydrogen-bond acceptors (Lipinski definition) is 2. The molecule has 0 spiro atoms. The van der Waals surface area contributed by atoms with Gasteiger partial charge in [0.05, 0.1) is 0 Å². The summed E-state index contributed by atoms with van der Waals surface area (Å²) in [5.41, 5.74) is 3.32. The zero-order valence-corrected chi connectivity index (χ0v) is 14.6. The van der Waals surface area contributed by atoms with Crippen LogP contribution < -0.4 is 0 Å². The molecule has 0 N–H and O–H groups in total. The predicted octanol–water partition coefficient (Wildman–Crippen LogP) is 4.55. The van der Waals surface area contributed by atoms with Gasteiger partial charge in [0.25, 0.3) is 0 Å². The molecular weight excluding hydrogens is 270 g/mol. The summed E-state index contributed by atoms with van der Waals surface area (Å²) in [4.78, 5) is 14.9. The van der Waals surface area contributed by atoms with Gasteiger partial charge in [0.1, 0.15) is 0 Å². The number of ketones is 1. The summed E-state index contributed by atoms with van der Waals surface area (Å²) in [6.07, 6.45) is 4.49. The van der Waals surface area contributed by atoms with E-state index in [4.69, 9.17) is 0 Å². The molecule has 0 fully saturated rings. The second-order valence-electron chi connectivity index (χ2n) is 7.43. The fraction of sp³-hybridized carbons (Fsp3) is 0.450. The third kappa shape index (κ3) is 3.32. The van der Waals surface area contributed by atoms with Gasteiger partial charge in [-0.15, -0.1) is 0 Å². The zero-order valence-electron chi connectivity index (χ0n) is 14.6. The number of hydrogen-bond donors (Lipinski definition) is 0. The second-order valence-corrected chi connectivity index (χ2v) is 7.43. The van der Waals surface area contributed by atoms with E-state index in [1.54, 1.807) is 0 Å². The summed E-state index contributed by atoms with van der Waals surface area (Å²) < 4.78 is 0. The van der Waals surface area contributed by atoms with E-state index in [2.05, 4.69) is 51.9 Å². The maximum absolute atomic E-state index is 12.8. The molecule has 1 aliphatic rings. The average Bonchev–Trinajstić information content (AvgIpc) is 2.92. The molecule has 22 heavy (non-hydrogen) atoms. The van der Waals surface area contributed by atoms with Crippen molar-refractivity contribution in [3.63, 3.8) is 0 Å². The molecule has 2 rings (SSSR count). The first-order valence-corrected chi connectivity index (χ1v) is 7.91. The highest BCUT2D eigenvalue weighted by Gasteiger charge is 2.35.